The van der Waals surface area contributed by atoms with E-state index in [0.717, 1.165) is 0 Å². The van der Waals surface area contributed by atoms with Crippen molar-refractivity contribution in [1.29, 1.82) is 0 Å². The van der Waals surface area contributed by atoms with Crippen molar-refractivity contribution in [2.45, 2.75) is 9.42 Å². The van der Waals surface area contributed by atoms with Crippen molar-refractivity contribution in [3.8, 4) is 0 Å². The van der Waals surface area contributed by atoms with Gasteiger partial charge in [0.2, 0.25) is 0 Å². The Kier molecular flexibility index (Phi) is 7.30. The fourth-order valence-corrected chi connectivity index (χ4v) is 5.45. The second-order valence-corrected chi connectivity index (χ2v) is 8.03. The van der Waals surface area contributed by atoms with Crippen LogP contribution in [0, 0.1) is 0 Å². The SMILES string of the molecule is CSCC(Cl)S(=O)(=O)C(Cl)CSC. The van der Waals surface area contributed by atoms with Gasteiger partial charge in [0.15, 0.2) is 9.84 Å². The van der Waals surface area contributed by atoms with E-state index in [-0.39, 0.29) is 0 Å². The molecule has 0 rings (SSSR count). The van der Waals surface area contributed by atoms with Gasteiger partial charge in [-0.25, -0.2) is 8.42 Å². The third-order valence-electron chi connectivity index (χ3n) is 1.31. The van der Waals surface area contributed by atoms with Gasteiger partial charge in [0.25, 0.3) is 0 Å². The maximum atomic E-state index is 11.5. The van der Waals surface area contributed by atoms with Gasteiger partial charge < -0.3 is 0 Å². The summed E-state index contributed by atoms with van der Waals surface area (Å²) in [5.41, 5.74) is 0. The molecule has 80 valence electrons. The zero-order valence-corrected chi connectivity index (χ0v) is 11.3. The average Bonchev–Trinajstić information content (AvgIpc) is 2.05. The van der Waals surface area contributed by atoms with E-state index in [4.69, 9.17) is 23.2 Å². The largest absolute Gasteiger partial charge is 0.226 e. The number of sulfone groups is 1. The minimum absolute atomic E-state index is 0.376. The van der Waals surface area contributed by atoms with Gasteiger partial charge in [-0.15, -0.1) is 23.2 Å². The van der Waals surface area contributed by atoms with Gasteiger partial charge in [-0.05, 0) is 12.5 Å². The number of hydrogen-bond acceptors (Lipinski definition) is 4. The predicted molar refractivity (Wildman–Crippen MR) is 65.0 cm³/mol. The van der Waals surface area contributed by atoms with Crippen LogP contribution in [0.3, 0.4) is 0 Å². The highest BCUT2D eigenvalue weighted by molar-refractivity contribution is 8.02. The molecular formula is C6H12Cl2O2S3. The van der Waals surface area contributed by atoms with Crippen molar-refractivity contribution in [2.75, 3.05) is 24.0 Å². The normalized spacial score (nSPS) is 16.9. The zero-order chi connectivity index (χ0) is 10.5. The predicted octanol–water partition coefficient (Wildman–Crippen LogP) is 2.26. The Balaban J connectivity index is 4.37. The third-order valence-corrected chi connectivity index (χ3v) is 6.99. The lowest BCUT2D eigenvalue weighted by Crippen LogP contribution is -2.28. The summed E-state index contributed by atoms with van der Waals surface area (Å²) in [6, 6.07) is 0. The minimum Gasteiger partial charge on any atom is -0.226 e. The van der Waals surface area contributed by atoms with Gasteiger partial charge in [-0.1, -0.05) is 0 Å². The quantitative estimate of drug-likeness (QED) is 0.700. The van der Waals surface area contributed by atoms with Crippen molar-refractivity contribution < 1.29 is 8.42 Å². The van der Waals surface area contributed by atoms with E-state index < -0.39 is 19.3 Å². The fraction of sp³-hybridized carbons (Fsp3) is 1.00. The van der Waals surface area contributed by atoms with Crippen molar-refractivity contribution in [1.82, 2.24) is 0 Å². The van der Waals surface area contributed by atoms with Crippen LogP contribution in [0.15, 0.2) is 0 Å². The number of rotatable bonds is 6. The molecule has 0 bridgehead atoms. The molecule has 0 N–H and O–H groups in total. The summed E-state index contributed by atoms with van der Waals surface area (Å²) in [5.74, 6) is 0.753. The second-order valence-electron chi connectivity index (χ2n) is 2.32. The van der Waals surface area contributed by atoms with Gasteiger partial charge in [0.05, 0.1) is 0 Å². The van der Waals surface area contributed by atoms with E-state index in [1.54, 1.807) is 0 Å². The van der Waals surface area contributed by atoms with Crippen LogP contribution < -0.4 is 0 Å². The third kappa shape index (κ3) is 4.51. The summed E-state index contributed by atoms with van der Waals surface area (Å²) >= 11 is 14.2. The summed E-state index contributed by atoms with van der Waals surface area (Å²) in [6.07, 6.45) is 3.62. The molecule has 7 heteroatoms. The molecule has 0 saturated heterocycles. The Bertz CT molecular complexity index is 212. The van der Waals surface area contributed by atoms with Crippen LogP contribution in [-0.2, 0) is 9.84 Å². The number of hydrogen-bond donors (Lipinski definition) is 0. The van der Waals surface area contributed by atoms with Gasteiger partial charge in [0, 0.05) is 11.5 Å². The van der Waals surface area contributed by atoms with Crippen LogP contribution >= 0.6 is 46.7 Å². The molecule has 0 amide bonds. The van der Waals surface area contributed by atoms with Crippen LogP contribution in [0.25, 0.3) is 0 Å². The number of alkyl halides is 2. The monoisotopic (exact) mass is 282 g/mol. The van der Waals surface area contributed by atoms with Crippen LogP contribution in [0.1, 0.15) is 0 Å². The van der Waals surface area contributed by atoms with Crippen molar-refractivity contribution in [3.63, 3.8) is 0 Å². The maximum Gasteiger partial charge on any atom is 0.185 e. The first-order valence-electron chi connectivity index (χ1n) is 3.45. The first-order chi connectivity index (χ1) is 5.96. The van der Waals surface area contributed by atoms with Gasteiger partial charge in [0.1, 0.15) is 9.42 Å². The highest BCUT2D eigenvalue weighted by Gasteiger charge is 2.30. The first-order valence-corrected chi connectivity index (χ1v) is 8.72. The highest BCUT2D eigenvalue weighted by Crippen LogP contribution is 2.21. The van der Waals surface area contributed by atoms with Gasteiger partial charge in [-0.2, -0.15) is 23.5 Å². The Morgan fingerprint density at radius 3 is 1.62 bits per heavy atom. The molecular weight excluding hydrogens is 271 g/mol. The lowest BCUT2D eigenvalue weighted by Gasteiger charge is -2.13. The van der Waals surface area contributed by atoms with E-state index in [1.165, 1.54) is 23.5 Å². The second kappa shape index (κ2) is 6.67. The van der Waals surface area contributed by atoms with E-state index in [1.807, 2.05) is 12.5 Å². The summed E-state index contributed by atoms with van der Waals surface area (Å²) in [6.45, 7) is 0. The molecule has 0 aliphatic heterocycles. The minimum atomic E-state index is -3.37. The molecule has 0 heterocycles. The van der Waals surface area contributed by atoms with Gasteiger partial charge >= 0.3 is 0 Å². The fourth-order valence-electron chi connectivity index (χ4n) is 0.612. The topological polar surface area (TPSA) is 34.1 Å². The Labute approximate surface area is 98.0 Å². The molecule has 0 aromatic carbocycles. The van der Waals surface area contributed by atoms with Crippen molar-refractivity contribution in [2.24, 2.45) is 0 Å². The van der Waals surface area contributed by atoms with Crippen LogP contribution in [-0.4, -0.2) is 41.9 Å². The molecule has 0 fully saturated rings. The molecule has 0 saturated carbocycles. The number of halogens is 2. The van der Waals surface area contributed by atoms with Crippen LogP contribution in [0.4, 0.5) is 0 Å². The standard InChI is InChI=1S/C6H12Cl2O2S3/c1-11-3-5(7)13(9,10)6(8)4-12-2/h5-6H,3-4H2,1-2H3. The summed E-state index contributed by atoms with van der Waals surface area (Å²) in [4.78, 5) is 0. The van der Waals surface area contributed by atoms with E-state index in [0.29, 0.717) is 11.5 Å². The van der Waals surface area contributed by atoms with E-state index in [2.05, 4.69) is 0 Å². The van der Waals surface area contributed by atoms with Gasteiger partial charge in [-0.3, -0.25) is 0 Å². The molecule has 0 radical (unpaired) electrons. The molecule has 0 aliphatic rings. The lowest BCUT2D eigenvalue weighted by atomic mass is 10.9. The van der Waals surface area contributed by atoms with E-state index in [9.17, 15) is 8.42 Å². The summed E-state index contributed by atoms with van der Waals surface area (Å²) in [7, 11) is -3.37. The summed E-state index contributed by atoms with van der Waals surface area (Å²) in [5, 5.41) is 0. The molecule has 13 heavy (non-hydrogen) atoms. The average molecular weight is 283 g/mol. The van der Waals surface area contributed by atoms with Crippen LogP contribution in [0.5, 0.6) is 0 Å². The molecule has 2 nitrogen and oxygen atoms in total. The maximum absolute atomic E-state index is 11.5. The molecule has 0 aliphatic carbocycles. The smallest absolute Gasteiger partial charge is 0.185 e. The molecule has 2 unspecified atom stereocenters. The van der Waals surface area contributed by atoms with Crippen LogP contribution in [0.2, 0.25) is 0 Å². The Morgan fingerprint density at radius 1 is 1.08 bits per heavy atom. The zero-order valence-electron chi connectivity index (χ0n) is 7.37. The Hall–Kier alpha value is 1.23. The molecule has 0 aromatic heterocycles. The number of thioether (sulfide) groups is 2. The van der Waals surface area contributed by atoms with E-state index >= 15 is 0 Å². The molecule has 0 spiro atoms. The first kappa shape index (κ1) is 14.2. The summed E-state index contributed by atoms with van der Waals surface area (Å²) < 4.78 is 21.3. The lowest BCUT2D eigenvalue weighted by molar-refractivity contribution is 0.593. The highest BCUT2D eigenvalue weighted by atomic mass is 35.5. The van der Waals surface area contributed by atoms with Crippen molar-refractivity contribution in [3.05, 3.63) is 0 Å². The Morgan fingerprint density at radius 2 is 1.38 bits per heavy atom. The molecule has 2 atom stereocenters. The molecule has 0 aromatic rings. The van der Waals surface area contributed by atoms with Crippen molar-refractivity contribution >= 4 is 56.6 Å².